The predicted molar refractivity (Wildman–Crippen MR) is 139 cm³/mol. The van der Waals surface area contributed by atoms with Crippen molar-refractivity contribution in [1.29, 1.82) is 0 Å². The first-order valence-corrected chi connectivity index (χ1v) is 13.6. The molecule has 2 fully saturated rings. The molecule has 0 bridgehead atoms. The van der Waals surface area contributed by atoms with Crippen molar-refractivity contribution in [3.63, 3.8) is 0 Å². The van der Waals surface area contributed by atoms with Crippen LogP contribution in [0.4, 0.5) is 18.4 Å². The maximum Gasteiger partial charge on any atom is 0.406 e. The average molecular weight is 541 g/mol. The number of carbonyl (C=O) groups excluding carboxylic acids is 2. The van der Waals surface area contributed by atoms with E-state index in [4.69, 9.17) is 4.74 Å². The number of hydrogen-bond donors (Lipinski definition) is 4. The molecule has 2 aliphatic rings. The van der Waals surface area contributed by atoms with E-state index < -0.39 is 36.0 Å². The van der Waals surface area contributed by atoms with Crippen molar-refractivity contribution in [1.82, 2.24) is 20.9 Å². The number of likely N-dealkylation sites (tertiary alicyclic amines) is 1. The standard InChI is InChI=1S/C27H42F2N4O5/c1-30-16-23(24(34)18-7-4-3-5-8-18)32-26(35)33-11-6-9-19(17-33)25(38-12-10-31-27(36)37-2)20-13-21(28)15-22(29)14-20/h13-15,18-19,23-25,30,34H,3-12,16-17H2,1-2H3,(H,31,36)(H,32,35)/t19-,23?,24?,25-/m1/s1. The van der Waals surface area contributed by atoms with Crippen molar-refractivity contribution in [2.75, 3.05) is 46.9 Å². The zero-order chi connectivity index (χ0) is 27.5. The van der Waals surface area contributed by atoms with Gasteiger partial charge in [0.2, 0.25) is 0 Å². The number of ether oxygens (including phenoxy) is 2. The molecule has 38 heavy (non-hydrogen) atoms. The third-order valence-corrected chi connectivity index (χ3v) is 7.52. The Morgan fingerprint density at radius 1 is 1.08 bits per heavy atom. The summed E-state index contributed by atoms with van der Waals surface area (Å²) in [5, 5.41) is 19.7. The minimum absolute atomic E-state index is 0.0957. The molecule has 214 valence electrons. The van der Waals surface area contributed by atoms with Gasteiger partial charge in [-0.05, 0) is 56.3 Å². The van der Waals surface area contributed by atoms with Gasteiger partial charge in [0.15, 0.2) is 0 Å². The Kier molecular flexibility index (Phi) is 12.0. The molecule has 1 saturated heterocycles. The molecule has 11 heteroatoms. The van der Waals surface area contributed by atoms with Crippen LogP contribution in [-0.4, -0.2) is 81.2 Å². The van der Waals surface area contributed by atoms with E-state index in [0.717, 1.165) is 31.7 Å². The smallest absolute Gasteiger partial charge is 0.406 e. The van der Waals surface area contributed by atoms with Crippen LogP contribution in [0.15, 0.2) is 18.2 Å². The minimum Gasteiger partial charge on any atom is -0.453 e. The Hall–Kier alpha value is -2.50. The zero-order valence-electron chi connectivity index (χ0n) is 22.4. The number of nitrogens with one attached hydrogen (secondary N) is 3. The maximum absolute atomic E-state index is 14.1. The average Bonchev–Trinajstić information content (AvgIpc) is 2.92. The van der Waals surface area contributed by atoms with E-state index in [1.165, 1.54) is 25.7 Å². The number of methoxy groups -OCH3 is 1. The number of nitrogens with zero attached hydrogens (tertiary/aromatic N) is 1. The molecule has 4 atom stereocenters. The molecule has 9 nitrogen and oxygen atoms in total. The van der Waals surface area contributed by atoms with E-state index in [-0.39, 0.29) is 31.0 Å². The molecule has 0 aromatic heterocycles. The lowest BCUT2D eigenvalue weighted by Gasteiger charge is -2.39. The molecule has 1 aliphatic carbocycles. The van der Waals surface area contributed by atoms with Crippen molar-refractivity contribution < 1.29 is 33.0 Å². The topological polar surface area (TPSA) is 112 Å². The predicted octanol–water partition coefficient (Wildman–Crippen LogP) is 3.33. The highest BCUT2D eigenvalue weighted by molar-refractivity contribution is 5.74. The summed E-state index contributed by atoms with van der Waals surface area (Å²) < 4.78 is 38.7. The second kappa shape index (κ2) is 15.2. The molecule has 2 unspecified atom stereocenters. The first kappa shape index (κ1) is 30.0. The van der Waals surface area contributed by atoms with Crippen molar-refractivity contribution >= 4 is 12.1 Å². The summed E-state index contributed by atoms with van der Waals surface area (Å²) in [6.07, 6.45) is 4.73. The van der Waals surface area contributed by atoms with Gasteiger partial charge in [0.1, 0.15) is 11.6 Å². The summed E-state index contributed by atoms with van der Waals surface area (Å²) in [4.78, 5) is 26.3. The van der Waals surface area contributed by atoms with Crippen LogP contribution in [0.2, 0.25) is 0 Å². The van der Waals surface area contributed by atoms with Crippen molar-refractivity contribution in [2.45, 2.75) is 63.2 Å². The van der Waals surface area contributed by atoms with Crippen LogP contribution in [0.3, 0.4) is 0 Å². The summed E-state index contributed by atoms with van der Waals surface area (Å²) in [5.41, 5.74) is 0.341. The Bertz CT molecular complexity index is 882. The second-order valence-electron chi connectivity index (χ2n) is 10.3. The lowest BCUT2D eigenvalue weighted by Crippen LogP contribution is -2.56. The van der Waals surface area contributed by atoms with Gasteiger partial charge >= 0.3 is 12.1 Å². The highest BCUT2D eigenvalue weighted by Gasteiger charge is 2.34. The highest BCUT2D eigenvalue weighted by atomic mass is 19.1. The van der Waals surface area contributed by atoms with E-state index in [9.17, 15) is 23.5 Å². The Labute approximate surface area is 223 Å². The summed E-state index contributed by atoms with van der Waals surface area (Å²) in [6, 6.07) is 2.58. The van der Waals surface area contributed by atoms with Crippen LogP contribution in [-0.2, 0) is 9.47 Å². The van der Waals surface area contributed by atoms with Crippen molar-refractivity contribution in [3.8, 4) is 0 Å². The van der Waals surface area contributed by atoms with Crippen LogP contribution in [0.1, 0.15) is 56.6 Å². The van der Waals surface area contributed by atoms with Gasteiger partial charge in [-0.1, -0.05) is 19.3 Å². The largest absolute Gasteiger partial charge is 0.453 e. The van der Waals surface area contributed by atoms with Gasteiger partial charge < -0.3 is 35.4 Å². The molecule has 0 spiro atoms. The number of urea groups is 1. The number of benzene rings is 1. The number of aliphatic hydroxyl groups excluding tert-OH is 1. The molecule has 1 aromatic rings. The number of rotatable bonds is 11. The summed E-state index contributed by atoms with van der Waals surface area (Å²) >= 11 is 0. The Balaban J connectivity index is 1.68. The fourth-order valence-electron chi connectivity index (χ4n) is 5.63. The van der Waals surface area contributed by atoms with Crippen LogP contribution < -0.4 is 16.0 Å². The first-order chi connectivity index (χ1) is 18.3. The van der Waals surface area contributed by atoms with E-state index in [0.29, 0.717) is 38.0 Å². The van der Waals surface area contributed by atoms with Gasteiger partial charge in [0.05, 0.1) is 32.0 Å². The lowest BCUT2D eigenvalue weighted by atomic mass is 9.82. The fourth-order valence-corrected chi connectivity index (χ4v) is 5.63. The van der Waals surface area contributed by atoms with Crippen molar-refractivity contribution in [3.05, 3.63) is 35.4 Å². The molecule has 3 amide bonds. The van der Waals surface area contributed by atoms with Crippen LogP contribution in [0.25, 0.3) is 0 Å². The molecule has 1 saturated carbocycles. The zero-order valence-corrected chi connectivity index (χ0v) is 22.4. The van der Waals surface area contributed by atoms with Gasteiger partial charge in [-0.25, -0.2) is 18.4 Å². The molecule has 1 heterocycles. The van der Waals surface area contributed by atoms with Gasteiger partial charge in [0.25, 0.3) is 0 Å². The second-order valence-corrected chi connectivity index (χ2v) is 10.3. The van der Waals surface area contributed by atoms with Crippen LogP contribution in [0, 0.1) is 23.5 Å². The van der Waals surface area contributed by atoms with Crippen molar-refractivity contribution in [2.24, 2.45) is 11.8 Å². The quantitative estimate of drug-likeness (QED) is 0.321. The molecule has 4 N–H and O–H groups in total. The van der Waals surface area contributed by atoms with Gasteiger partial charge in [-0.3, -0.25) is 0 Å². The third kappa shape index (κ3) is 8.78. The SMILES string of the molecule is CNCC(NC(=O)N1CCC[C@@H]([C@@H](OCCNC(=O)OC)c2cc(F)cc(F)c2)C1)C(O)C1CCCCC1. The Morgan fingerprint density at radius 2 is 1.76 bits per heavy atom. The molecular formula is C27H42F2N4O5. The molecular weight excluding hydrogens is 498 g/mol. The van der Waals surface area contributed by atoms with Gasteiger partial charge in [0, 0.05) is 38.2 Å². The first-order valence-electron chi connectivity index (χ1n) is 13.6. The summed E-state index contributed by atoms with van der Waals surface area (Å²) in [7, 11) is 3.05. The number of halogens is 2. The lowest BCUT2D eigenvalue weighted by molar-refractivity contribution is -0.00970. The van der Waals surface area contributed by atoms with Crippen LogP contribution in [0.5, 0.6) is 0 Å². The third-order valence-electron chi connectivity index (χ3n) is 7.52. The maximum atomic E-state index is 14.1. The summed E-state index contributed by atoms with van der Waals surface area (Å²) in [5.74, 6) is -1.48. The molecule has 1 aromatic carbocycles. The number of hydrogen-bond acceptors (Lipinski definition) is 6. The highest BCUT2D eigenvalue weighted by Crippen LogP contribution is 2.34. The van der Waals surface area contributed by atoms with E-state index in [2.05, 4.69) is 20.7 Å². The summed E-state index contributed by atoms with van der Waals surface area (Å²) in [6.45, 7) is 1.55. The number of carbonyl (C=O) groups is 2. The number of aliphatic hydroxyl groups is 1. The number of alkyl carbamates (subject to hydrolysis) is 1. The number of amides is 3. The Morgan fingerprint density at radius 3 is 2.42 bits per heavy atom. The number of likely N-dealkylation sites (N-methyl/N-ethyl adjacent to an activating group) is 1. The van der Waals surface area contributed by atoms with Crippen LogP contribution >= 0.6 is 0 Å². The van der Waals surface area contributed by atoms with Gasteiger partial charge in [-0.2, -0.15) is 0 Å². The number of piperidine rings is 1. The van der Waals surface area contributed by atoms with Gasteiger partial charge in [-0.15, -0.1) is 0 Å². The normalized spacial score (nSPS) is 20.9. The molecule has 3 rings (SSSR count). The van der Waals surface area contributed by atoms with E-state index in [1.54, 1.807) is 11.9 Å². The minimum atomic E-state index is -0.710. The van der Waals surface area contributed by atoms with E-state index >= 15 is 0 Å². The van der Waals surface area contributed by atoms with E-state index in [1.807, 2.05) is 0 Å². The monoisotopic (exact) mass is 540 g/mol. The fraction of sp³-hybridized carbons (Fsp3) is 0.704. The molecule has 1 aliphatic heterocycles. The molecule has 0 radical (unpaired) electrons.